The predicted octanol–water partition coefficient (Wildman–Crippen LogP) is 5.43. The van der Waals surface area contributed by atoms with Gasteiger partial charge in [-0.05, 0) is 66.2 Å². The molecule has 0 spiro atoms. The molecule has 0 aliphatic rings. The van der Waals surface area contributed by atoms with Crippen LogP contribution in [0.25, 0.3) is 0 Å². The van der Waals surface area contributed by atoms with Crippen LogP contribution in [-0.2, 0) is 11.3 Å². The summed E-state index contributed by atoms with van der Waals surface area (Å²) in [7, 11) is 0. The van der Waals surface area contributed by atoms with Crippen molar-refractivity contribution in [1.82, 2.24) is 5.32 Å². The SMILES string of the molecule is O=C(COc1ccc(C(=O)NCc2ccccc2)cc1)Nc1ccc(Oc2ccccc2)cc1. The Kier molecular flexibility index (Phi) is 7.54. The van der Waals surface area contributed by atoms with E-state index in [0.717, 1.165) is 11.3 Å². The molecule has 0 saturated carbocycles. The summed E-state index contributed by atoms with van der Waals surface area (Å²) in [5, 5.41) is 5.66. The number of rotatable bonds is 9. The first-order chi connectivity index (χ1) is 16.7. The number of hydrogen-bond donors (Lipinski definition) is 2. The van der Waals surface area contributed by atoms with Gasteiger partial charge in [-0.25, -0.2) is 0 Å². The molecular weight excluding hydrogens is 428 g/mol. The number of para-hydroxylation sites is 1. The molecule has 34 heavy (non-hydrogen) atoms. The third-order valence-corrected chi connectivity index (χ3v) is 4.90. The topological polar surface area (TPSA) is 76.7 Å². The van der Waals surface area contributed by atoms with Crippen LogP contribution in [-0.4, -0.2) is 18.4 Å². The highest BCUT2D eigenvalue weighted by molar-refractivity contribution is 5.94. The molecule has 0 heterocycles. The minimum absolute atomic E-state index is 0.151. The van der Waals surface area contributed by atoms with Crippen molar-refractivity contribution in [2.24, 2.45) is 0 Å². The van der Waals surface area contributed by atoms with E-state index in [2.05, 4.69) is 10.6 Å². The number of ether oxygens (including phenoxy) is 2. The number of carbonyl (C=O) groups excluding carboxylic acids is 2. The van der Waals surface area contributed by atoms with Gasteiger partial charge in [-0.15, -0.1) is 0 Å². The molecule has 0 saturated heterocycles. The lowest BCUT2D eigenvalue weighted by atomic mass is 10.2. The third-order valence-electron chi connectivity index (χ3n) is 4.90. The van der Waals surface area contributed by atoms with Gasteiger partial charge in [-0.1, -0.05) is 48.5 Å². The van der Waals surface area contributed by atoms with Crippen molar-refractivity contribution in [3.05, 3.63) is 120 Å². The highest BCUT2D eigenvalue weighted by Gasteiger charge is 2.08. The van der Waals surface area contributed by atoms with Gasteiger partial charge in [0, 0.05) is 17.8 Å². The smallest absolute Gasteiger partial charge is 0.262 e. The molecule has 2 amide bonds. The highest BCUT2D eigenvalue weighted by Crippen LogP contribution is 2.22. The fraction of sp³-hybridized carbons (Fsp3) is 0.0714. The average molecular weight is 453 g/mol. The Hall–Kier alpha value is -4.58. The maximum atomic E-state index is 12.3. The van der Waals surface area contributed by atoms with Gasteiger partial charge >= 0.3 is 0 Å². The van der Waals surface area contributed by atoms with Crippen LogP contribution in [0.5, 0.6) is 17.2 Å². The quantitative estimate of drug-likeness (QED) is 0.355. The Balaban J connectivity index is 1.21. The van der Waals surface area contributed by atoms with E-state index in [0.29, 0.717) is 29.3 Å². The summed E-state index contributed by atoms with van der Waals surface area (Å²) < 4.78 is 11.3. The molecular formula is C28H24N2O4. The lowest BCUT2D eigenvalue weighted by Crippen LogP contribution is -2.22. The molecule has 4 aromatic rings. The summed E-state index contributed by atoms with van der Waals surface area (Å²) in [6, 6.07) is 32.9. The fourth-order valence-electron chi connectivity index (χ4n) is 3.16. The summed E-state index contributed by atoms with van der Waals surface area (Å²) in [6.45, 7) is 0.305. The van der Waals surface area contributed by atoms with Crippen LogP contribution < -0.4 is 20.1 Å². The van der Waals surface area contributed by atoms with E-state index >= 15 is 0 Å². The van der Waals surface area contributed by atoms with Crippen molar-refractivity contribution in [3.63, 3.8) is 0 Å². The summed E-state index contributed by atoms with van der Waals surface area (Å²) in [5.41, 5.74) is 2.19. The van der Waals surface area contributed by atoms with Gasteiger partial charge in [0.15, 0.2) is 6.61 Å². The molecule has 0 radical (unpaired) electrons. The van der Waals surface area contributed by atoms with Gasteiger partial charge in [0.05, 0.1) is 0 Å². The Morgan fingerprint density at radius 1 is 0.647 bits per heavy atom. The monoisotopic (exact) mass is 452 g/mol. The van der Waals surface area contributed by atoms with Crippen LogP contribution in [0.3, 0.4) is 0 Å². The van der Waals surface area contributed by atoms with Crippen LogP contribution in [0.2, 0.25) is 0 Å². The number of anilines is 1. The molecule has 2 N–H and O–H groups in total. The summed E-state index contributed by atoms with van der Waals surface area (Å²) in [4.78, 5) is 24.5. The number of carbonyl (C=O) groups is 2. The van der Waals surface area contributed by atoms with Gasteiger partial charge in [-0.2, -0.15) is 0 Å². The molecule has 6 heteroatoms. The molecule has 0 fully saturated rings. The molecule has 0 atom stereocenters. The second-order valence-electron chi connectivity index (χ2n) is 7.47. The minimum atomic E-state index is -0.290. The lowest BCUT2D eigenvalue weighted by Gasteiger charge is -2.10. The van der Waals surface area contributed by atoms with Crippen LogP contribution in [0.1, 0.15) is 15.9 Å². The van der Waals surface area contributed by atoms with Crippen LogP contribution >= 0.6 is 0 Å². The van der Waals surface area contributed by atoms with E-state index in [-0.39, 0.29) is 18.4 Å². The summed E-state index contributed by atoms with van der Waals surface area (Å²) in [6.07, 6.45) is 0. The highest BCUT2D eigenvalue weighted by atomic mass is 16.5. The van der Waals surface area contributed by atoms with E-state index in [1.807, 2.05) is 60.7 Å². The molecule has 0 aliphatic carbocycles. The number of hydrogen-bond acceptors (Lipinski definition) is 4. The Morgan fingerprint density at radius 3 is 1.91 bits per heavy atom. The number of nitrogens with one attached hydrogen (secondary N) is 2. The first kappa shape index (κ1) is 22.6. The van der Waals surface area contributed by atoms with E-state index in [9.17, 15) is 9.59 Å². The van der Waals surface area contributed by atoms with Crippen molar-refractivity contribution in [2.45, 2.75) is 6.54 Å². The van der Waals surface area contributed by atoms with Crippen molar-refractivity contribution in [3.8, 4) is 17.2 Å². The van der Waals surface area contributed by atoms with Gasteiger partial charge in [0.2, 0.25) is 0 Å². The lowest BCUT2D eigenvalue weighted by molar-refractivity contribution is -0.118. The summed E-state index contributed by atoms with van der Waals surface area (Å²) >= 11 is 0. The first-order valence-corrected chi connectivity index (χ1v) is 10.8. The number of benzene rings is 4. The van der Waals surface area contributed by atoms with Crippen molar-refractivity contribution in [1.29, 1.82) is 0 Å². The Bertz CT molecular complexity index is 1210. The summed E-state index contributed by atoms with van der Waals surface area (Å²) in [5.74, 6) is 1.45. The standard InChI is InChI=1S/C28H24N2O4/c31-27(30-23-13-17-26(18-14-23)34-25-9-5-2-6-10-25)20-33-24-15-11-22(12-16-24)28(32)29-19-21-7-3-1-4-8-21/h1-18H,19-20H2,(H,29,32)(H,30,31). The number of amides is 2. The predicted molar refractivity (Wildman–Crippen MR) is 131 cm³/mol. The molecule has 0 bridgehead atoms. The van der Waals surface area contributed by atoms with Crippen LogP contribution in [0, 0.1) is 0 Å². The van der Waals surface area contributed by atoms with Gasteiger partial charge in [0.1, 0.15) is 17.2 Å². The zero-order valence-corrected chi connectivity index (χ0v) is 18.4. The van der Waals surface area contributed by atoms with Gasteiger partial charge in [0.25, 0.3) is 11.8 Å². The van der Waals surface area contributed by atoms with Crippen LogP contribution in [0.15, 0.2) is 109 Å². The van der Waals surface area contributed by atoms with E-state index in [4.69, 9.17) is 9.47 Å². The normalized spacial score (nSPS) is 10.2. The molecule has 4 aromatic carbocycles. The van der Waals surface area contributed by atoms with Gasteiger partial charge < -0.3 is 20.1 Å². The molecule has 4 rings (SSSR count). The molecule has 0 aromatic heterocycles. The van der Waals surface area contributed by atoms with Crippen molar-refractivity contribution >= 4 is 17.5 Å². The average Bonchev–Trinajstić information content (AvgIpc) is 2.89. The zero-order chi connectivity index (χ0) is 23.6. The first-order valence-electron chi connectivity index (χ1n) is 10.8. The Labute approximate surface area is 198 Å². The van der Waals surface area contributed by atoms with Crippen LogP contribution in [0.4, 0.5) is 5.69 Å². The molecule has 0 aliphatic heterocycles. The molecule has 6 nitrogen and oxygen atoms in total. The minimum Gasteiger partial charge on any atom is -0.484 e. The zero-order valence-electron chi connectivity index (χ0n) is 18.4. The van der Waals surface area contributed by atoms with E-state index in [1.54, 1.807) is 48.5 Å². The van der Waals surface area contributed by atoms with E-state index in [1.165, 1.54) is 0 Å². The fourth-order valence-corrected chi connectivity index (χ4v) is 3.16. The third kappa shape index (κ3) is 6.71. The Morgan fingerprint density at radius 2 is 1.24 bits per heavy atom. The van der Waals surface area contributed by atoms with Gasteiger partial charge in [-0.3, -0.25) is 9.59 Å². The molecule has 170 valence electrons. The second-order valence-corrected chi connectivity index (χ2v) is 7.47. The maximum Gasteiger partial charge on any atom is 0.262 e. The van der Waals surface area contributed by atoms with Crippen molar-refractivity contribution in [2.75, 3.05) is 11.9 Å². The maximum absolute atomic E-state index is 12.3. The van der Waals surface area contributed by atoms with Crippen molar-refractivity contribution < 1.29 is 19.1 Å². The largest absolute Gasteiger partial charge is 0.484 e. The second kappa shape index (κ2) is 11.3. The molecule has 0 unspecified atom stereocenters. The van der Waals surface area contributed by atoms with E-state index < -0.39 is 0 Å².